The second-order valence-corrected chi connectivity index (χ2v) is 8.79. The van der Waals surface area contributed by atoms with Crippen molar-refractivity contribution >= 4 is 27.6 Å². The number of benzene rings is 3. The van der Waals surface area contributed by atoms with Crippen LogP contribution >= 0.6 is 11.6 Å². The zero-order valence-corrected chi connectivity index (χ0v) is 18.8. The quantitative estimate of drug-likeness (QED) is 0.423. The van der Waals surface area contributed by atoms with Crippen molar-refractivity contribution < 1.29 is 26.5 Å². The summed E-state index contributed by atoms with van der Waals surface area (Å²) in [6.07, 6.45) is 0. The molecular weight excluding hydrogens is 457 g/mol. The van der Waals surface area contributed by atoms with Gasteiger partial charge in [-0.15, -0.1) is 0 Å². The van der Waals surface area contributed by atoms with Gasteiger partial charge in [-0.3, -0.25) is 4.79 Å². The van der Waals surface area contributed by atoms with Crippen molar-refractivity contribution in [1.82, 2.24) is 4.90 Å². The van der Waals surface area contributed by atoms with Gasteiger partial charge in [0.15, 0.2) is 0 Å². The molecule has 9 heteroatoms. The molecule has 168 valence electrons. The Morgan fingerprint density at radius 2 is 1.75 bits per heavy atom. The maximum absolute atomic E-state index is 13.1. The largest absolute Gasteiger partial charge is 0.383 e. The lowest BCUT2D eigenvalue weighted by Crippen LogP contribution is -2.33. The summed E-state index contributed by atoms with van der Waals surface area (Å²) in [5, 5.41) is 0.336. The van der Waals surface area contributed by atoms with E-state index in [0.29, 0.717) is 29.3 Å². The minimum Gasteiger partial charge on any atom is -0.383 e. The normalized spacial score (nSPS) is 11.2. The minimum absolute atomic E-state index is 0.0729. The van der Waals surface area contributed by atoms with E-state index in [9.17, 15) is 17.6 Å². The highest BCUT2D eigenvalue weighted by molar-refractivity contribution is 7.87. The lowest BCUT2D eigenvalue weighted by molar-refractivity contribution is 0.0680. The first-order chi connectivity index (χ1) is 15.3. The predicted octanol–water partition coefficient (Wildman–Crippen LogP) is 4.54. The first-order valence-electron chi connectivity index (χ1n) is 9.62. The number of carbonyl (C=O) groups excluding carboxylic acids is 1. The van der Waals surface area contributed by atoms with Gasteiger partial charge in [0.25, 0.3) is 5.91 Å². The Bertz CT molecular complexity index is 1190. The van der Waals surface area contributed by atoms with Crippen LogP contribution in [0.3, 0.4) is 0 Å². The summed E-state index contributed by atoms with van der Waals surface area (Å²) in [6.45, 7) is 0.798. The molecule has 0 radical (unpaired) electrons. The van der Waals surface area contributed by atoms with Gasteiger partial charge in [-0.25, -0.2) is 4.39 Å². The van der Waals surface area contributed by atoms with E-state index in [1.54, 1.807) is 41.3 Å². The van der Waals surface area contributed by atoms with Gasteiger partial charge in [0.1, 0.15) is 16.5 Å². The van der Waals surface area contributed by atoms with Crippen LogP contribution in [0.25, 0.3) is 0 Å². The van der Waals surface area contributed by atoms with Gasteiger partial charge in [0.2, 0.25) is 0 Å². The average Bonchev–Trinajstić information content (AvgIpc) is 2.77. The maximum atomic E-state index is 13.1. The second-order valence-electron chi connectivity index (χ2n) is 6.84. The third-order valence-corrected chi connectivity index (χ3v) is 6.13. The molecule has 0 aliphatic heterocycles. The van der Waals surface area contributed by atoms with E-state index >= 15 is 0 Å². The van der Waals surface area contributed by atoms with Crippen molar-refractivity contribution in [2.75, 3.05) is 20.3 Å². The topological polar surface area (TPSA) is 72.9 Å². The fourth-order valence-electron chi connectivity index (χ4n) is 2.95. The molecule has 3 aromatic carbocycles. The van der Waals surface area contributed by atoms with Gasteiger partial charge in [-0.1, -0.05) is 35.9 Å². The van der Waals surface area contributed by atoms with Crippen molar-refractivity contribution in [3.63, 3.8) is 0 Å². The number of halogens is 2. The van der Waals surface area contributed by atoms with Crippen LogP contribution in [0, 0.1) is 5.82 Å². The number of hydrogen-bond acceptors (Lipinski definition) is 5. The Kier molecular flexibility index (Phi) is 7.84. The number of carbonyl (C=O) groups is 1. The first-order valence-corrected chi connectivity index (χ1v) is 11.4. The van der Waals surface area contributed by atoms with Gasteiger partial charge >= 0.3 is 10.1 Å². The fourth-order valence-corrected chi connectivity index (χ4v) is 4.09. The molecule has 0 N–H and O–H groups in total. The SMILES string of the molecule is COCCN(Cc1cccc(OS(=O)(=O)c2ccc(F)cc2)c1)C(=O)c1ccccc1Cl. The molecule has 0 bridgehead atoms. The second kappa shape index (κ2) is 10.6. The molecule has 3 rings (SSSR count). The van der Waals surface area contributed by atoms with Crippen LogP contribution < -0.4 is 4.18 Å². The molecule has 0 saturated carbocycles. The van der Waals surface area contributed by atoms with E-state index in [-0.39, 0.29) is 23.1 Å². The van der Waals surface area contributed by atoms with E-state index in [4.69, 9.17) is 20.5 Å². The minimum atomic E-state index is -4.14. The van der Waals surface area contributed by atoms with Crippen molar-refractivity contribution in [3.05, 3.63) is 94.8 Å². The first kappa shape index (κ1) is 23.7. The molecule has 0 atom stereocenters. The Morgan fingerprint density at radius 1 is 1.03 bits per heavy atom. The third-order valence-electron chi connectivity index (χ3n) is 4.54. The van der Waals surface area contributed by atoms with E-state index < -0.39 is 15.9 Å². The van der Waals surface area contributed by atoms with Gasteiger partial charge in [-0.05, 0) is 54.1 Å². The molecule has 1 amide bonds. The lowest BCUT2D eigenvalue weighted by atomic mass is 10.1. The molecule has 0 saturated heterocycles. The summed E-state index contributed by atoms with van der Waals surface area (Å²) in [4.78, 5) is 14.4. The van der Waals surface area contributed by atoms with Gasteiger partial charge < -0.3 is 13.8 Å². The van der Waals surface area contributed by atoms with Crippen molar-refractivity contribution in [3.8, 4) is 5.75 Å². The lowest BCUT2D eigenvalue weighted by Gasteiger charge is -2.23. The molecular formula is C23H21ClFNO5S. The molecule has 0 heterocycles. The maximum Gasteiger partial charge on any atom is 0.339 e. The van der Waals surface area contributed by atoms with Crippen molar-refractivity contribution in [2.45, 2.75) is 11.4 Å². The Morgan fingerprint density at radius 3 is 2.44 bits per heavy atom. The molecule has 6 nitrogen and oxygen atoms in total. The predicted molar refractivity (Wildman–Crippen MR) is 119 cm³/mol. The van der Waals surface area contributed by atoms with E-state index in [1.807, 2.05) is 0 Å². The highest BCUT2D eigenvalue weighted by Crippen LogP contribution is 2.22. The van der Waals surface area contributed by atoms with Crippen LogP contribution in [0.5, 0.6) is 5.75 Å². The molecule has 0 spiro atoms. The average molecular weight is 478 g/mol. The zero-order valence-electron chi connectivity index (χ0n) is 17.2. The van der Waals surface area contributed by atoms with Crippen LogP contribution in [0.1, 0.15) is 15.9 Å². The Balaban J connectivity index is 1.81. The highest BCUT2D eigenvalue weighted by atomic mass is 35.5. The van der Waals surface area contributed by atoms with Crippen LogP contribution in [-0.2, 0) is 21.4 Å². The zero-order chi connectivity index (χ0) is 23.1. The van der Waals surface area contributed by atoms with Crippen LogP contribution in [0.4, 0.5) is 4.39 Å². The number of rotatable bonds is 9. The Hall–Kier alpha value is -2.94. The summed E-state index contributed by atoms with van der Waals surface area (Å²) >= 11 is 6.18. The summed E-state index contributed by atoms with van der Waals surface area (Å²) in [7, 11) is -2.60. The molecule has 0 aliphatic carbocycles. The van der Waals surface area contributed by atoms with E-state index in [2.05, 4.69) is 0 Å². The molecule has 3 aromatic rings. The molecule has 32 heavy (non-hydrogen) atoms. The van der Waals surface area contributed by atoms with Gasteiger partial charge in [-0.2, -0.15) is 8.42 Å². The van der Waals surface area contributed by atoms with Crippen molar-refractivity contribution in [1.29, 1.82) is 0 Å². The summed E-state index contributed by atoms with van der Waals surface area (Å²) in [5.41, 5.74) is 1.00. The third kappa shape index (κ3) is 6.06. The summed E-state index contributed by atoms with van der Waals surface area (Å²) < 4.78 is 48.4. The number of hydrogen-bond donors (Lipinski definition) is 0. The van der Waals surface area contributed by atoms with Gasteiger partial charge in [0, 0.05) is 20.2 Å². The molecule has 0 aromatic heterocycles. The van der Waals surface area contributed by atoms with Gasteiger partial charge in [0.05, 0.1) is 17.2 Å². The standard InChI is InChI=1S/C23H21ClFNO5S/c1-30-14-13-26(23(27)21-7-2-3-8-22(21)24)16-17-5-4-6-19(15-17)31-32(28,29)20-11-9-18(25)10-12-20/h2-12,15H,13-14,16H2,1H3. The number of amides is 1. The Labute approximate surface area is 191 Å². The van der Waals surface area contributed by atoms with Crippen LogP contribution in [0.2, 0.25) is 5.02 Å². The number of methoxy groups -OCH3 is 1. The van der Waals surface area contributed by atoms with Crippen LogP contribution in [0.15, 0.2) is 77.7 Å². The number of ether oxygens (including phenoxy) is 1. The fraction of sp³-hybridized carbons (Fsp3) is 0.174. The van der Waals surface area contributed by atoms with E-state index in [1.165, 1.54) is 19.2 Å². The summed E-state index contributed by atoms with van der Waals surface area (Å²) in [5.74, 6) is -0.758. The molecule has 0 fully saturated rings. The highest BCUT2D eigenvalue weighted by Gasteiger charge is 2.20. The summed E-state index contributed by atoms with van der Waals surface area (Å²) in [6, 6.07) is 17.5. The monoisotopic (exact) mass is 477 g/mol. The number of nitrogens with zero attached hydrogens (tertiary/aromatic N) is 1. The van der Waals surface area contributed by atoms with Crippen molar-refractivity contribution in [2.24, 2.45) is 0 Å². The smallest absolute Gasteiger partial charge is 0.339 e. The van der Waals surface area contributed by atoms with Crippen LogP contribution in [-0.4, -0.2) is 39.5 Å². The molecule has 0 unspecified atom stereocenters. The molecule has 0 aliphatic rings. The van der Waals surface area contributed by atoms with E-state index in [0.717, 1.165) is 24.3 Å².